The first-order valence-corrected chi connectivity index (χ1v) is 21.6. The van der Waals surface area contributed by atoms with E-state index in [0.29, 0.717) is 47.7 Å². The van der Waals surface area contributed by atoms with Crippen LogP contribution in [0.2, 0.25) is 0 Å². The van der Waals surface area contributed by atoms with Crippen LogP contribution in [0.1, 0.15) is 220 Å². The number of rotatable bonds is 26. The molecule has 0 rings (SSSR count). The van der Waals surface area contributed by atoms with E-state index in [1.54, 1.807) is 0 Å². The summed E-state index contributed by atoms with van der Waals surface area (Å²) in [6.45, 7) is 37.7. The van der Waals surface area contributed by atoms with Gasteiger partial charge in [-0.3, -0.25) is 9.59 Å². The number of carbonyl (C=O) groups is 2. The summed E-state index contributed by atoms with van der Waals surface area (Å²) in [5, 5.41) is 0. The molecule has 0 saturated carbocycles. The van der Waals surface area contributed by atoms with Crippen molar-refractivity contribution < 1.29 is 19.1 Å². The number of hydrogen-bond acceptors (Lipinski definition) is 4. The summed E-state index contributed by atoms with van der Waals surface area (Å²) in [5.74, 6) is 1.97. The zero-order valence-corrected chi connectivity index (χ0v) is 37.5. The van der Waals surface area contributed by atoms with E-state index in [1.807, 2.05) is 0 Å². The fourth-order valence-electron chi connectivity index (χ4n) is 8.71. The summed E-state index contributed by atoms with van der Waals surface area (Å²) in [7, 11) is 0. The average Bonchev–Trinajstić information content (AvgIpc) is 2.91. The van der Waals surface area contributed by atoms with Crippen LogP contribution in [0, 0.1) is 57.2 Å². The SMILES string of the molecule is CC(CCC(C(=O)OCCCCCCCCCCCOC(=O)C(CCC(C)CC(C)(C)C)C(C)CC(C)(C)C)C(C)CC(C)(C)C)CC(C)(C)C. The van der Waals surface area contributed by atoms with Crippen LogP contribution in [0.15, 0.2) is 0 Å². The molecule has 0 N–H and O–H groups in total. The minimum absolute atomic E-state index is 0.000762. The summed E-state index contributed by atoms with van der Waals surface area (Å²) < 4.78 is 11.8. The van der Waals surface area contributed by atoms with Gasteiger partial charge in [0, 0.05) is 0 Å². The Labute approximate surface area is 320 Å². The zero-order valence-electron chi connectivity index (χ0n) is 37.5. The van der Waals surface area contributed by atoms with Crippen molar-refractivity contribution in [2.24, 2.45) is 57.2 Å². The van der Waals surface area contributed by atoms with Crippen LogP contribution in [0.4, 0.5) is 0 Å². The van der Waals surface area contributed by atoms with Crippen LogP contribution in [0.25, 0.3) is 0 Å². The molecule has 0 spiro atoms. The van der Waals surface area contributed by atoms with Crippen LogP contribution < -0.4 is 0 Å². The lowest BCUT2D eigenvalue weighted by Gasteiger charge is -2.30. The summed E-state index contributed by atoms with van der Waals surface area (Å²) >= 11 is 0. The van der Waals surface area contributed by atoms with Crippen molar-refractivity contribution in [3.63, 3.8) is 0 Å². The highest BCUT2D eigenvalue weighted by atomic mass is 16.5. The zero-order chi connectivity index (χ0) is 39.5. The number of unbranched alkanes of at least 4 members (excludes halogenated alkanes) is 8. The van der Waals surface area contributed by atoms with Crippen molar-refractivity contribution in [3.05, 3.63) is 0 Å². The molecule has 0 amide bonds. The number of ether oxygens (including phenoxy) is 2. The molecule has 304 valence electrons. The van der Waals surface area contributed by atoms with Crippen molar-refractivity contribution in [1.29, 1.82) is 0 Å². The van der Waals surface area contributed by atoms with E-state index >= 15 is 0 Å². The van der Waals surface area contributed by atoms with Crippen molar-refractivity contribution in [2.75, 3.05) is 13.2 Å². The van der Waals surface area contributed by atoms with Crippen LogP contribution in [-0.2, 0) is 19.1 Å². The lowest BCUT2D eigenvalue weighted by Crippen LogP contribution is -2.28. The minimum Gasteiger partial charge on any atom is -0.465 e. The van der Waals surface area contributed by atoms with Gasteiger partial charge in [0.2, 0.25) is 0 Å². The maximum absolute atomic E-state index is 13.2. The lowest BCUT2D eigenvalue weighted by molar-refractivity contribution is -0.152. The second-order valence-corrected chi connectivity index (χ2v) is 22.1. The maximum atomic E-state index is 13.2. The predicted molar refractivity (Wildman–Crippen MR) is 222 cm³/mol. The van der Waals surface area contributed by atoms with Gasteiger partial charge in [-0.15, -0.1) is 0 Å². The molecule has 0 saturated heterocycles. The quantitative estimate of drug-likeness (QED) is 0.0659. The van der Waals surface area contributed by atoms with Crippen molar-refractivity contribution in [3.8, 4) is 0 Å². The first-order valence-electron chi connectivity index (χ1n) is 21.6. The predicted octanol–water partition coefficient (Wildman–Crippen LogP) is 14.7. The Bertz CT molecular complexity index is 835. The fraction of sp³-hybridized carbons (Fsp3) is 0.957. The molecule has 0 bridgehead atoms. The second-order valence-electron chi connectivity index (χ2n) is 22.1. The van der Waals surface area contributed by atoms with Gasteiger partial charge in [0.25, 0.3) is 0 Å². The van der Waals surface area contributed by atoms with E-state index in [4.69, 9.17) is 9.47 Å². The minimum atomic E-state index is 0.000762. The van der Waals surface area contributed by atoms with E-state index < -0.39 is 0 Å². The summed E-state index contributed by atoms with van der Waals surface area (Å²) in [5.41, 5.74) is 1.06. The van der Waals surface area contributed by atoms with E-state index in [9.17, 15) is 9.59 Å². The highest BCUT2D eigenvalue weighted by Gasteiger charge is 2.32. The largest absolute Gasteiger partial charge is 0.465 e. The average molecular weight is 721 g/mol. The Morgan fingerprint density at radius 3 is 0.902 bits per heavy atom. The van der Waals surface area contributed by atoms with Gasteiger partial charge >= 0.3 is 11.9 Å². The summed E-state index contributed by atoms with van der Waals surface area (Å²) in [4.78, 5) is 26.5. The normalized spacial score (nSPS) is 16.6. The molecule has 4 heteroatoms. The molecule has 0 aromatic rings. The first kappa shape index (κ1) is 49.9. The van der Waals surface area contributed by atoms with Gasteiger partial charge in [0.05, 0.1) is 25.0 Å². The number of hydrogen-bond donors (Lipinski definition) is 0. The first-order chi connectivity index (χ1) is 23.3. The van der Waals surface area contributed by atoms with Crippen molar-refractivity contribution in [2.45, 2.75) is 220 Å². The third kappa shape index (κ3) is 29.0. The lowest BCUT2D eigenvalue weighted by atomic mass is 9.76. The van der Waals surface area contributed by atoms with Crippen LogP contribution in [0.5, 0.6) is 0 Å². The summed E-state index contributed by atoms with van der Waals surface area (Å²) in [6.07, 6.45) is 18.8. The fourth-order valence-corrected chi connectivity index (χ4v) is 8.71. The molecule has 0 aliphatic rings. The molecular formula is C47H92O4. The van der Waals surface area contributed by atoms with Crippen LogP contribution in [0.3, 0.4) is 0 Å². The summed E-state index contributed by atoms with van der Waals surface area (Å²) in [6, 6.07) is 0. The van der Waals surface area contributed by atoms with Crippen molar-refractivity contribution in [1.82, 2.24) is 0 Å². The van der Waals surface area contributed by atoms with Gasteiger partial charge < -0.3 is 9.47 Å². The monoisotopic (exact) mass is 721 g/mol. The van der Waals surface area contributed by atoms with Gasteiger partial charge in [-0.1, -0.05) is 156 Å². The van der Waals surface area contributed by atoms with Gasteiger partial charge in [-0.25, -0.2) is 0 Å². The highest BCUT2D eigenvalue weighted by molar-refractivity contribution is 5.73. The third-order valence-electron chi connectivity index (χ3n) is 10.5. The standard InChI is InChI=1S/C47H92O4/c1-36(32-44(5,6)7)26-28-40(38(3)34-46(11,12)13)42(48)50-30-24-22-20-18-17-19-21-23-25-31-51-43(49)41(39(4)35-47(14,15)16)29-27-37(2)33-45(8,9)10/h36-41H,17-35H2,1-16H3. The van der Waals surface area contributed by atoms with E-state index in [-0.39, 0.29) is 34.6 Å². The maximum Gasteiger partial charge on any atom is 0.309 e. The topological polar surface area (TPSA) is 52.6 Å². The molecule has 0 fully saturated rings. The molecule has 0 aliphatic heterocycles. The van der Waals surface area contributed by atoms with Crippen LogP contribution >= 0.6 is 0 Å². The molecule has 0 radical (unpaired) electrons. The number of esters is 2. The molecule has 6 atom stereocenters. The van der Waals surface area contributed by atoms with E-state index in [2.05, 4.69) is 111 Å². The second kappa shape index (κ2) is 24.4. The molecule has 4 nitrogen and oxygen atoms in total. The Hall–Kier alpha value is -1.06. The number of carbonyl (C=O) groups excluding carboxylic acids is 2. The van der Waals surface area contributed by atoms with Gasteiger partial charge in [0.1, 0.15) is 0 Å². The molecular weight excluding hydrogens is 629 g/mol. The third-order valence-corrected chi connectivity index (χ3v) is 10.5. The molecule has 0 heterocycles. The molecule has 0 aromatic carbocycles. The Morgan fingerprint density at radius 2 is 0.647 bits per heavy atom. The smallest absolute Gasteiger partial charge is 0.309 e. The molecule has 0 aromatic heterocycles. The van der Waals surface area contributed by atoms with Gasteiger partial charge in [-0.05, 0) is 110 Å². The highest BCUT2D eigenvalue weighted by Crippen LogP contribution is 2.36. The van der Waals surface area contributed by atoms with Gasteiger partial charge in [-0.2, -0.15) is 0 Å². The Kier molecular flexibility index (Phi) is 23.9. The van der Waals surface area contributed by atoms with E-state index in [1.165, 1.54) is 44.9 Å². The molecule has 6 unspecified atom stereocenters. The van der Waals surface area contributed by atoms with E-state index in [0.717, 1.165) is 64.2 Å². The Balaban J connectivity index is 4.39. The van der Waals surface area contributed by atoms with Gasteiger partial charge in [0.15, 0.2) is 0 Å². The van der Waals surface area contributed by atoms with Crippen LogP contribution in [-0.4, -0.2) is 25.2 Å². The van der Waals surface area contributed by atoms with Crippen molar-refractivity contribution >= 4 is 11.9 Å². The molecule has 51 heavy (non-hydrogen) atoms. The molecule has 0 aliphatic carbocycles. The Morgan fingerprint density at radius 1 is 0.392 bits per heavy atom.